The monoisotopic (exact) mass is 292 g/mol. The number of aryl methyl sites for hydroxylation is 1. The highest BCUT2D eigenvalue weighted by atomic mass is 16.6. The van der Waals surface area contributed by atoms with E-state index in [0.29, 0.717) is 6.42 Å². The van der Waals surface area contributed by atoms with Crippen LogP contribution >= 0.6 is 0 Å². The summed E-state index contributed by atoms with van der Waals surface area (Å²) >= 11 is 0. The summed E-state index contributed by atoms with van der Waals surface area (Å²) in [4.78, 5) is 24.3. The predicted octanol–water partition coefficient (Wildman–Crippen LogP) is 3.06. The molecule has 0 saturated heterocycles. The molecule has 0 saturated carbocycles. The van der Waals surface area contributed by atoms with Crippen LogP contribution in [0.15, 0.2) is 24.3 Å². The van der Waals surface area contributed by atoms with Crippen molar-refractivity contribution in [1.82, 2.24) is 0 Å². The molecule has 0 aliphatic carbocycles. The van der Waals surface area contributed by atoms with Gasteiger partial charge in [-0.1, -0.05) is 29.8 Å². The molecular formula is C17H24O4. The van der Waals surface area contributed by atoms with Crippen LogP contribution in [0.3, 0.4) is 0 Å². The zero-order valence-electron chi connectivity index (χ0n) is 13.4. The van der Waals surface area contributed by atoms with Crippen molar-refractivity contribution in [1.29, 1.82) is 0 Å². The highest BCUT2D eigenvalue weighted by molar-refractivity contribution is 5.95. The highest BCUT2D eigenvalue weighted by Gasteiger charge is 2.31. The van der Waals surface area contributed by atoms with Crippen LogP contribution in [0.2, 0.25) is 0 Å². The van der Waals surface area contributed by atoms with Crippen LogP contribution in [0, 0.1) is 12.8 Å². The van der Waals surface area contributed by atoms with E-state index in [9.17, 15) is 9.59 Å². The van der Waals surface area contributed by atoms with Gasteiger partial charge in [-0.3, -0.25) is 9.59 Å². The first-order valence-electron chi connectivity index (χ1n) is 7.26. The first-order valence-corrected chi connectivity index (χ1v) is 7.26. The molecule has 0 spiro atoms. The lowest BCUT2D eigenvalue weighted by atomic mass is 9.98. The van der Waals surface area contributed by atoms with Crippen molar-refractivity contribution >= 4 is 11.9 Å². The van der Waals surface area contributed by atoms with Gasteiger partial charge in [0.25, 0.3) is 0 Å². The third kappa shape index (κ3) is 5.98. The molecule has 0 amide bonds. The molecule has 0 unspecified atom stereocenters. The number of benzene rings is 1. The Kier molecular flexibility index (Phi) is 6.40. The van der Waals surface area contributed by atoms with Gasteiger partial charge in [0.1, 0.15) is 0 Å². The second-order valence-electron chi connectivity index (χ2n) is 5.72. The zero-order chi connectivity index (χ0) is 16.0. The fraction of sp³-hybridized carbons (Fsp3) is 0.529. The number of esters is 2. The molecule has 0 aliphatic rings. The van der Waals surface area contributed by atoms with E-state index in [1.54, 1.807) is 27.7 Å². The van der Waals surface area contributed by atoms with Gasteiger partial charge in [0, 0.05) is 0 Å². The van der Waals surface area contributed by atoms with Crippen LogP contribution in [0.1, 0.15) is 38.8 Å². The minimum absolute atomic E-state index is 0.260. The summed E-state index contributed by atoms with van der Waals surface area (Å²) in [6.45, 7) is 9.01. The van der Waals surface area contributed by atoms with E-state index in [1.807, 2.05) is 31.2 Å². The standard InChI is InChI=1S/C17H24O4/c1-11(2)20-16(18)15(17(19)21-12(3)4)10-14-8-6-7-13(5)9-14/h6-9,11-12,15H,10H2,1-5H3. The van der Waals surface area contributed by atoms with E-state index in [0.717, 1.165) is 11.1 Å². The first-order chi connectivity index (χ1) is 9.79. The van der Waals surface area contributed by atoms with Crippen molar-refractivity contribution in [2.24, 2.45) is 5.92 Å². The number of hydrogen-bond donors (Lipinski definition) is 0. The molecule has 0 bridgehead atoms. The summed E-state index contributed by atoms with van der Waals surface area (Å²) in [6, 6.07) is 7.73. The second-order valence-corrected chi connectivity index (χ2v) is 5.72. The van der Waals surface area contributed by atoms with Gasteiger partial charge < -0.3 is 9.47 Å². The van der Waals surface area contributed by atoms with Gasteiger partial charge in [0.15, 0.2) is 5.92 Å². The Bertz CT molecular complexity index is 469. The minimum atomic E-state index is -0.920. The van der Waals surface area contributed by atoms with E-state index in [4.69, 9.17) is 9.47 Å². The average molecular weight is 292 g/mol. The van der Waals surface area contributed by atoms with Crippen LogP contribution in [0.4, 0.5) is 0 Å². The molecule has 1 aromatic rings. The largest absolute Gasteiger partial charge is 0.462 e. The van der Waals surface area contributed by atoms with Crippen molar-refractivity contribution in [3.63, 3.8) is 0 Å². The lowest BCUT2D eigenvalue weighted by molar-refractivity contribution is -0.166. The Morgan fingerprint density at radius 2 is 1.52 bits per heavy atom. The van der Waals surface area contributed by atoms with Gasteiger partial charge in [0.2, 0.25) is 0 Å². The van der Waals surface area contributed by atoms with Gasteiger partial charge in [0.05, 0.1) is 12.2 Å². The maximum absolute atomic E-state index is 12.1. The highest BCUT2D eigenvalue weighted by Crippen LogP contribution is 2.15. The molecule has 1 rings (SSSR count). The lowest BCUT2D eigenvalue weighted by Gasteiger charge is -2.18. The van der Waals surface area contributed by atoms with Crippen molar-refractivity contribution < 1.29 is 19.1 Å². The number of hydrogen-bond acceptors (Lipinski definition) is 4. The predicted molar refractivity (Wildman–Crippen MR) is 80.8 cm³/mol. The van der Waals surface area contributed by atoms with Gasteiger partial charge in [-0.2, -0.15) is 0 Å². The molecule has 1 aromatic carbocycles. The van der Waals surface area contributed by atoms with E-state index in [1.165, 1.54) is 0 Å². The molecule has 0 aliphatic heterocycles. The minimum Gasteiger partial charge on any atom is -0.462 e. The summed E-state index contributed by atoms with van der Waals surface area (Å²) in [5.74, 6) is -1.98. The summed E-state index contributed by atoms with van der Waals surface area (Å²) in [5, 5.41) is 0. The molecule has 4 nitrogen and oxygen atoms in total. The third-order valence-electron chi connectivity index (χ3n) is 2.80. The van der Waals surface area contributed by atoms with E-state index in [2.05, 4.69) is 0 Å². The van der Waals surface area contributed by atoms with E-state index >= 15 is 0 Å². The zero-order valence-corrected chi connectivity index (χ0v) is 13.4. The normalized spacial score (nSPS) is 11.0. The maximum atomic E-state index is 12.1. The maximum Gasteiger partial charge on any atom is 0.320 e. The molecule has 116 valence electrons. The average Bonchev–Trinajstić information content (AvgIpc) is 2.34. The molecule has 4 heteroatoms. The van der Waals surface area contributed by atoms with Crippen LogP contribution in [-0.2, 0) is 25.5 Å². The fourth-order valence-corrected chi connectivity index (χ4v) is 1.97. The molecule has 21 heavy (non-hydrogen) atoms. The van der Waals surface area contributed by atoms with Crippen molar-refractivity contribution in [2.75, 3.05) is 0 Å². The van der Waals surface area contributed by atoms with E-state index < -0.39 is 17.9 Å². The first kappa shape index (κ1) is 17.2. The summed E-state index contributed by atoms with van der Waals surface area (Å²) < 4.78 is 10.4. The molecular weight excluding hydrogens is 268 g/mol. The van der Waals surface area contributed by atoms with Gasteiger partial charge in [-0.05, 0) is 46.6 Å². The quantitative estimate of drug-likeness (QED) is 0.597. The molecule has 0 atom stereocenters. The Balaban J connectivity index is 2.90. The second kappa shape index (κ2) is 7.81. The molecule has 0 heterocycles. The lowest BCUT2D eigenvalue weighted by Crippen LogP contribution is -2.32. The number of carbonyl (C=O) groups excluding carboxylic acids is 2. The summed E-state index contributed by atoms with van der Waals surface area (Å²) in [5.41, 5.74) is 2.00. The molecule has 0 radical (unpaired) electrons. The Labute approximate surface area is 126 Å². The Hall–Kier alpha value is -1.84. The van der Waals surface area contributed by atoms with Crippen molar-refractivity contribution in [3.8, 4) is 0 Å². The smallest absolute Gasteiger partial charge is 0.320 e. The topological polar surface area (TPSA) is 52.6 Å². The number of carbonyl (C=O) groups is 2. The SMILES string of the molecule is Cc1cccc(CC(C(=O)OC(C)C)C(=O)OC(C)C)c1. The number of rotatable bonds is 6. The summed E-state index contributed by atoms with van der Waals surface area (Å²) in [6.07, 6.45) is -0.229. The van der Waals surface area contributed by atoms with Crippen LogP contribution in [0.25, 0.3) is 0 Å². The van der Waals surface area contributed by atoms with Crippen LogP contribution in [0.5, 0.6) is 0 Å². The summed E-state index contributed by atoms with van der Waals surface area (Å²) in [7, 11) is 0. The Morgan fingerprint density at radius 1 is 1.00 bits per heavy atom. The molecule has 0 fully saturated rings. The van der Waals surface area contributed by atoms with Crippen LogP contribution in [-0.4, -0.2) is 24.1 Å². The molecule has 0 N–H and O–H groups in total. The van der Waals surface area contributed by atoms with Gasteiger partial charge in [-0.25, -0.2) is 0 Å². The van der Waals surface area contributed by atoms with Crippen molar-refractivity contribution in [3.05, 3.63) is 35.4 Å². The van der Waals surface area contributed by atoms with Gasteiger partial charge >= 0.3 is 11.9 Å². The van der Waals surface area contributed by atoms with Crippen LogP contribution < -0.4 is 0 Å². The molecule has 0 aromatic heterocycles. The van der Waals surface area contributed by atoms with Gasteiger partial charge in [-0.15, -0.1) is 0 Å². The number of ether oxygens (including phenoxy) is 2. The fourth-order valence-electron chi connectivity index (χ4n) is 1.97. The van der Waals surface area contributed by atoms with E-state index in [-0.39, 0.29) is 12.2 Å². The third-order valence-corrected chi connectivity index (χ3v) is 2.80. The van der Waals surface area contributed by atoms with Crippen molar-refractivity contribution in [2.45, 2.75) is 53.2 Å². The Morgan fingerprint density at radius 3 is 1.95 bits per heavy atom.